The average molecular weight is 242 g/mol. The van der Waals surface area contributed by atoms with E-state index in [0.29, 0.717) is 0 Å². The molecule has 0 amide bonds. The zero-order valence-electron chi connectivity index (χ0n) is 11.0. The van der Waals surface area contributed by atoms with Crippen molar-refractivity contribution in [3.05, 3.63) is 0 Å². The fourth-order valence-electron chi connectivity index (χ4n) is 3.16. The number of hydrogen-bond acceptors (Lipinski definition) is 4. The molecule has 4 nitrogen and oxygen atoms in total. The SMILES string of the molecule is CNCC1(CN2CCC(O)CC2)CCCOC1. The summed E-state index contributed by atoms with van der Waals surface area (Å²) in [5.41, 5.74) is 0.287. The first-order valence-corrected chi connectivity index (χ1v) is 6.87. The van der Waals surface area contributed by atoms with Gasteiger partial charge in [-0.3, -0.25) is 0 Å². The van der Waals surface area contributed by atoms with Crippen LogP contribution in [0.25, 0.3) is 0 Å². The number of nitrogens with one attached hydrogen (secondary N) is 1. The third kappa shape index (κ3) is 3.65. The summed E-state index contributed by atoms with van der Waals surface area (Å²) in [5.74, 6) is 0. The predicted octanol–water partition coefficient (Wildman–Crippen LogP) is 0.459. The molecule has 1 unspecified atom stereocenters. The van der Waals surface area contributed by atoms with Gasteiger partial charge in [0.1, 0.15) is 0 Å². The van der Waals surface area contributed by atoms with Gasteiger partial charge >= 0.3 is 0 Å². The standard InChI is InChI=1S/C13H26N2O2/c1-14-9-13(5-2-8-17-11-13)10-15-6-3-12(16)4-7-15/h12,14,16H,2-11H2,1H3. The highest BCUT2D eigenvalue weighted by Gasteiger charge is 2.35. The molecule has 2 aliphatic rings. The molecule has 2 aliphatic heterocycles. The lowest BCUT2D eigenvalue weighted by molar-refractivity contribution is -0.0342. The Bertz CT molecular complexity index is 216. The second-order valence-electron chi connectivity index (χ2n) is 5.69. The van der Waals surface area contributed by atoms with Crippen molar-refractivity contribution in [2.45, 2.75) is 31.8 Å². The van der Waals surface area contributed by atoms with Gasteiger partial charge in [0.05, 0.1) is 12.7 Å². The molecule has 17 heavy (non-hydrogen) atoms. The third-order valence-corrected chi connectivity index (χ3v) is 4.07. The van der Waals surface area contributed by atoms with Gasteiger partial charge in [-0.25, -0.2) is 0 Å². The van der Waals surface area contributed by atoms with Crippen molar-refractivity contribution in [3.63, 3.8) is 0 Å². The van der Waals surface area contributed by atoms with Crippen molar-refractivity contribution in [2.24, 2.45) is 5.41 Å². The number of aliphatic hydroxyl groups excluding tert-OH is 1. The molecule has 2 N–H and O–H groups in total. The van der Waals surface area contributed by atoms with E-state index in [0.717, 1.165) is 52.2 Å². The van der Waals surface area contributed by atoms with Crippen LogP contribution in [0, 0.1) is 5.41 Å². The lowest BCUT2D eigenvalue weighted by Crippen LogP contribution is -2.50. The van der Waals surface area contributed by atoms with Crippen molar-refractivity contribution < 1.29 is 9.84 Å². The van der Waals surface area contributed by atoms with E-state index < -0.39 is 0 Å². The van der Waals surface area contributed by atoms with Crippen LogP contribution in [0.3, 0.4) is 0 Å². The van der Waals surface area contributed by atoms with E-state index in [1.165, 1.54) is 12.8 Å². The number of nitrogens with zero attached hydrogens (tertiary/aromatic N) is 1. The van der Waals surface area contributed by atoms with Crippen LogP contribution in [-0.4, -0.2) is 62.6 Å². The number of piperidine rings is 1. The van der Waals surface area contributed by atoms with Crippen LogP contribution in [0.2, 0.25) is 0 Å². The Morgan fingerprint density at radius 3 is 2.76 bits per heavy atom. The Balaban J connectivity index is 1.88. The van der Waals surface area contributed by atoms with E-state index in [9.17, 15) is 5.11 Å². The quantitative estimate of drug-likeness (QED) is 0.752. The highest BCUT2D eigenvalue weighted by Crippen LogP contribution is 2.30. The second kappa shape index (κ2) is 6.14. The minimum absolute atomic E-state index is 0.0749. The smallest absolute Gasteiger partial charge is 0.0564 e. The highest BCUT2D eigenvalue weighted by atomic mass is 16.5. The van der Waals surface area contributed by atoms with Gasteiger partial charge in [-0.15, -0.1) is 0 Å². The molecule has 2 rings (SSSR count). The molecule has 0 saturated carbocycles. The van der Waals surface area contributed by atoms with Crippen molar-refractivity contribution in [3.8, 4) is 0 Å². The van der Waals surface area contributed by atoms with Gasteiger partial charge in [-0.05, 0) is 32.7 Å². The van der Waals surface area contributed by atoms with Gasteiger partial charge in [0.15, 0.2) is 0 Å². The summed E-state index contributed by atoms with van der Waals surface area (Å²) in [6.07, 6.45) is 4.21. The summed E-state index contributed by atoms with van der Waals surface area (Å²) in [5, 5.41) is 12.9. The fourth-order valence-corrected chi connectivity index (χ4v) is 3.16. The summed E-state index contributed by atoms with van der Waals surface area (Å²) < 4.78 is 5.68. The molecular weight excluding hydrogens is 216 g/mol. The first-order valence-electron chi connectivity index (χ1n) is 6.87. The summed E-state index contributed by atoms with van der Waals surface area (Å²) in [4.78, 5) is 2.50. The Hall–Kier alpha value is -0.160. The zero-order valence-corrected chi connectivity index (χ0v) is 11.0. The molecule has 2 saturated heterocycles. The van der Waals surface area contributed by atoms with E-state index in [-0.39, 0.29) is 11.5 Å². The summed E-state index contributed by atoms with van der Waals surface area (Å²) in [7, 11) is 2.02. The predicted molar refractivity (Wildman–Crippen MR) is 68.1 cm³/mol. The number of rotatable bonds is 4. The molecule has 0 bridgehead atoms. The van der Waals surface area contributed by atoms with Crippen LogP contribution in [0.5, 0.6) is 0 Å². The van der Waals surface area contributed by atoms with E-state index in [4.69, 9.17) is 4.74 Å². The van der Waals surface area contributed by atoms with Crippen molar-refractivity contribution in [2.75, 3.05) is 46.4 Å². The van der Waals surface area contributed by atoms with Gasteiger partial charge in [-0.1, -0.05) is 0 Å². The Morgan fingerprint density at radius 2 is 2.18 bits per heavy atom. The molecule has 0 aromatic carbocycles. The van der Waals surface area contributed by atoms with Crippen LogP contribution >= 0.6 is 0 Å². The van der Waals surface area contributed by atoms with Gasteiger partial charge in [-0.2, -0.15) is 0 Å². The first-order chi connectivity index (χ1) is 8.24. The van der Waals surface area contributed by atoms with E-state index >= 15 is 0 Å². The summed E-state index contributed by atoms with van der Waals surface area (Å²) in [6.45, 7) is 6.02. The number of aliphatic hydroxyl groups is 1. The van der Waals surface area contributed by atoms with Gasteiger partial charge in [0, 0.05) is 38.2 Å². The molecule has 0 spiro atoms. The van der Waals surface area contributed by atoms with E-state index in [1.807, 2.05) is 7.05 Å². The summed E-state index contributed by atoms with van der Waals surface area (Å²) in [6, 6.07) is 0. The van der Waals surface area contributed by atoms with Crippen molar-refractivity contribution >= 4 is 0 Å². The fraction of sp³-hybridized carbons (Fsp3) is 1.00. The van der Waals surface area contributed by atoms with Crippen LogP contribution < -0.4 is 5.32 Å². The average Bonchev–Trinajstić information content (AvgIpc) is 2.34. The molecule has 0 aliphatic carbocycles. The Labute approximate surface area is 104 Å². The second-order valence-corrected chi connectivity index (χ2v) is 5.69. The molecule has 0 aromatic heterocycles. The molecule has 1 atom stereocenters. The Kier molecular flexibility index (Phi) is 4.79. The minimum Gasteiger partial charge on any atom is -0.393 e. The molecule has 100 valence electrons. The van der Waals surface area contributed by atoms with Gasteiger partial charge in [0.25, 0.3) is 0 Å². The van der Waals surface area contributed by atoms with Gasteiger partial charge in [0.2, 0.25) is 0 Å². The largest absolute Gasteiger partial charge is 0.393 e. The summed E-state index contributed by atoms with van der Waals surface area (Å²) >= 11 is 0. The molecule has 0 radical (unpaired) electrons. The maximum Gasteiger partial charge on any atom is 0.0564 e. The zero-order chi connectivity index (χ0) is 12.1. The molecule has 0 aromatic rings. The van der Waals surface area contributed by atoms with Crippen molar-refractivity contribution in [1.82, 2.24) is 10.2 Å². The van der Waals surface area contributed by atoms with Crippen molar-refractivity contribution in [1.29, 1.82) is 0 Å². The highest BCUT2D eigenvalue weighted by molar-refractivity contribution is 4.88. The number of hydrogen-bond donors (Lipinski definition) is 2. The van der Waals surface area contributed by atoms with Crippen LogP contribution in [-0.2, 0) is 4.74 Å². The molecule has 4 heteroatoms. The van der Waals surface area contributed by atoms with Crippen LogP contribution in [0.15, 0.2) is 0 Å². The van der Waals surface area contributed by atoms with Crippen LogP contribution in [0.4, 0.5) is 0 Å². The third-order valence-electron chi connectivity index (χ3n) is 4.07. The number of likely N-dealkylation sites (tertiary alicyclic amines) is 1. The van der Waals surface area contributed by atoms with E-state index in [1.54, 1.807) is 0 Å². The minimum atomic E-state index is -0.0749. The molecular formula is C13H26N2O2. The maximum absolute atomic E-state index is 9.54. The maximum atomic E-state index is 9.54. The monoisotopic (exact) mass is 242 g/mol. The van der Waals surface area contributed by atoms with E-state index in [2.05, 4.69) is 10.2 Å². The normalized spacial score (nSPS) is 32.8. The molecule has 2 fully saturated rings. The lowest BCUT2D eigenvalue weighted by atomic mass is 9.81. The molecule has 2 heterocycles. The van der Waals surface area contributed by atoms with Gasteiger partial charge < -0.3 is 20.1 Å². The number of ether oxygens (including phenoxy) is 1. The Morgan fingerprint density at radius 1 is 1.41 bits per heavy atom. The lowest BCUT2D eigenvalue weighted by Gasteiger charge is -2.42. The van der Waals surface area contributed by atoms with Crippen LogP contribution in [0.1, 0.15) is 25.7 Å². The first kappa shape index (κ1) is 13.3. The topological polar surface area (TPSA) is 44.7 Å².